The second kappa shape index (κ2) is 10.1. The van der Waals surface area contributed by atoms with Crippen LogP contribution in [0.2, 0.25) is 5.02 Å². The molecule has 2 N–H and O–H groups in total. The zero-order valence-electron chi connectivity index (χ0n) is 16.8. The molecule has 1 aliphatic rings. The molecular formula is C23H22ClN3O3S. The molecule has 2 aromatic carbocycles. The second-order valence-corrected chi connectivity index (χ2v) is 8.48. The first-order valence-electron chi connectivity index (χ1n) is 9.94. The first-order valence-corrected chi connectivity index (χ1v) is 11.2. The van der Waals surface area contributed by atoms with Crippen molar-refractivity contribution in [2.75, 3.05) is 36.9 Å². The lowest BCUT2D eigenvalue weighted by Crippen LogP contribution is -2.35. The van der Waals surface area contributed by atoms with Gasteiger partial charge in [-0.05, 0) is 41.3 Å². The first-order chi connectivity index (χ1) is 15.1. The van der Waals surface area contributed by atoms with Gasteiger partial charge in [0.2, 0.25) is 0 Å². The molecule has 2 amide bonds. The molecule has 3 aromatic rings. The highest BCUT2D eigenvalue weighted by Crippen LogP contribution is 2.26. The van der Waals surface area contributed by atoms with E-state index in [1.165, 1.54) is 11.3 Å². The van der Waals surface area contributed by atoms with Crippen molar-refractivity contribution in [3.8, 4) is 0 Å². The second-order valence-electron chi connectivity index (χ2n) is 7.13. The number of anilines is 2. The highest BCUT2D eigenvalue weighted by molar-refractivity contribution is 7.12. The number of thiophene rings is 1. The summed E-state index contributed by atoms with van der Waals surface area (Å²) < 4.78 is 5.41. The zero-order chi connectivity index (χ0) is 21.6. The molecule has 4 rings (SSSR count). The highest BCUT2D eigenvalue weighted by atomic mass is 35.5. The van der Waals surface area contributed by atoms with Crippen molar-refractivity contribution in [3.63, 3.8) is 0 Å². The summed E-state index contributed by atoms with van der Waals surface area (Å²) in [5.41, 5.74) is 2.61. The summed E-state index contributed by atoms with van der Waals surface area (Å²) in [5, 5.41) is 7.97. The maximum absolute atomic E-state index is 12.9. The predicted octanol–water partition coefficient (Wildman–Crippen LogP) is 4.74. The largest absolute Gasteiger partial charge is 0.379 e. The van der Waals surface area contributed by atoms with Crippen LogP contribution >= 0.6 is 22.9 Å². The van der Waals surface area contributed by atoms with Crippen molar-refractivity contribution < 1.29 is 14.3 Å². The Labute approximate surface area is 189 Å². The summed E-state index contributed by atoms with van der Waals surface area (Å²) in [6.07, 6.45) is 0. The van der Waals surface area contributed by atoms with E-state index in [0.29, 0.717) is 21.2 Å². The number of rotatable bonds is 6. The Bertz CT molecular complexity index is 1070. The number of nitrogens with one attached hydrogen (secondary N) is 2. The molecule has 0 bridgehead atoms. The average molecular weight is 456 g/mol. The number of amides is 2. The quantitative estimate of drug-likeness (QED) is 0.563. The van der Waals surface area contributed by atoms with Crippen molar-refractivity contribution in [1.82, 2.24) is 4.90 Å². The number of para-hydroxylation sites is 1. The number of hydrogen-bond acceptors (Lipinski definition) is 5. The van der Waals surface area contributed by atoms with E-state index >= 15 is 0 Å². The third kappa shape index (κ3) is 5.51. The molecule has 2 heterocycles. The number of carbonyl (C=O) groups excluding carboxylic acids is 2. The number of benzene rings is 2. The van der Waals surface area contributed by atoms with Crippen molar-refractivity contribution in [1.29, 1.82) is 0 Å². The van der Waals surface area contributed by atoms with Crippen molar-refractivity contribution in [2.45, 2.75) is 6.54 Å². The van der Waals surface area contributed by atoms with Gasteiger partial charge in [-0.15, -0.1) is 11.3 Å². The molecule has 31 heavy (non-hydrogen) atoms. The summed E-state index contributed by atoms with van der Waals surface area (Å²) in [5.74, 6) is -0.525. The Morgan fingerprint density at radius 3 is 2.52 bits per heavy atom. The van der Waals surface area contributed by atoms with E-state index in [-0.39, 0.29) is 11.8 Å². The molecule has 0 aliphatic carbocycles. The van der Waals surface area contributed by atoms with E-state index in [0.717, 1.165) is 44.1 Å². The molecule has 6 nitrogen and oxygen atoms in total. The van der Waals surface area contributed by atoms with Crippen LogP contribution in [0.1, 0.15) is 25.6 Å². The number of ether oxygens (including phenoxy) is 1. The Morgan fingerprint density at radius 1 is 0.968 bits per heavy atom. The van der Waals surface area contributed by atoms with Crippen LogP contribution < -0.4 is 10.6 Å². The van der Waals surface area contributed by atoms with Crippen molar-refractivity contribution in [3.05, 3.63) is 81.0 Å². The number of carbonyl (C=O) groups is 2. The molecule has 1 saturated heterocycles. The fraction of sp³-hybridized carbons (Fsp3) is 0.217. The Hall–Kier alpha value is -2.71. The predicted molar refractivity (Wildman–Crippen MR) is 124 cm³/mol. The molecular weight excluding hydrogens is 434 g/mol. The summed E-state index contributed by atoms with van der Waals surface area (Å²) in [4.78, 5) is 28.2. The highest BCUT2D eigenvalue weighted by Gasteiger charge is 2.16. The molecule has 160 valence electrons. The van der Waals surface area contributed by atoms with Crippen LogP contribution in [0.25, 0.3) is 0 Å². The van der Waals surface area contributed by atoms with Gasteiger partial charge >= 0.3 is 0 Å². The molecule has 0 saturated carbocycles. The number of nitrogens with zero attached hydrogens (tertiary/aromatic N) is 1. The maximum Gasteiger partial charge on any atom is 0.265 e. The standard InChI is InChI=1S/C23H22ClN3O3S/c24-18-8-7-16(14-20(18)26-23(29)21-6-3-13-31-21)22(28)25-19-5-2-1-4-17(19)15-27-9-11-30-12-10-27/h1-8,13-14H,9-12,15H2,(H,25,28)(H,26,29). The summed E-state index contributed by atoms with van der Waals surface area (Å²) in [6, 6.07) is 16.1. The molecule has 1 fully saturated rings. The van der Waals surface area contributed by atoms with Crippen LogP contribution in [0.5, 0.6) is 0 Å². The fourth-order valence-corrected chi connectivity index (χ4v) is 4.11. The lowest BCUT2D eigenvalue weighted by Gasteiger charge is -2.27. The van der Waals surface area contributed by atoms with Crippen LogP contribution in [0.3, 0.4) is 0 Å². The monoisotopic (exact) mass is 455 g/mol. The van der Waals surface area contributed by atoms with Gasteiger partial charge in [0.1, 0.15) is 0 Å². The Morgan fingerprint density at radius 2 is 1.74 bits per heavy atom. The summed E-state index contributed by atoms with van der Waals surface area (Å²) in [6.45, 7) is 3.92. The van der Waals surface area contributed by atoms with Crippen LogP contribution in [0.4, 0.5) is 11.4 Å². The number of morpholine rings is 1. The minimum Gasteiger partial charge on any atom is -0.379 e. The Kier molecular flexibility index (Phi) is 6.99. The van der Waals surface area contributed by atoms with Gasteiger partial charge in [-0.25, -0.2) is 0 Å². The van der Waals surface area contributed by atoms with Gasteiger partial charge in [-0.1, -0.05) is 35.9 Å². The normalized spacial score (nSPS) is 14.2. The zero-order valence-corrected chi connectivity index (χ0v) is 18.3. The van der Waals surface area contributed by atoms with E-state index in [1.54, 1.807) is 30.3 Å². The molecule has 8 heteroatoms. The van der Waals surface area contributed by atoms with E-state index in [4.69, 9.17) is 16.3 Å². The maximum atomic E-state index is 12.9. The third-order valence-corrected chi connectivity index (χ3v) is 6.18. The van der Waals surface area contributed by atoms with E-state index < -0.39 is 0 Å². The lowest BCUT2D eigenvalue weighted by atomic mass is 10.1. The van der Waals surface area contributed by atoms with Crippen LogP contribution in [0.15, 0.2) is 60.0 Å². The fourth-order valence-electron chi connectivity index (χ4n) is 3.33. The molecule has 0 radical (unpaired) electrons. The van der Waals surface area contributed by atoms with Gasteiger partial charge in [0.25, 0.3) is 11.8 Å². The molecule has 0 spiro atoms. The minimum atomic E-state index is -0.266. The first kappa shape index (κ1) is 21.5. The molecule has 1 aromatic heterocycles. The van der Waals surface area contributed by atoms with E-state index in [1.807, 2.05) is 29.6 Å². The topological polar surface area (TPSA) is 70.7 Å². The molecule has 0 unspecified atom stereocenters. The number of hydrogen-bond donors (Lipinski definition) is 2. The van der Waals surface area contributed by atoms with Gasteiger partial charge in [0, 0.05) is 30.9 Å². The van der Waals surface area contributed by atoms with Gasteiger partial charge in [0.15, 0.2) is 0 Å². The molecule has 1 aliphatic heterocycles. The lowest BCUT2D eigenvalue weighted by molar-refractivity contribution is 0.0342. The van der Waals surface area contributed by atoms with Crippen LogP contribution in [0, 0.1) is 0 Å². The van der Waals surface area contributed by atoms with Gasteiger partial charge < -0.3 is 15.4 Å². The van der Waals surface area contributed by atoms with Gasteiger partial charge in [0.05, 0.1) is 28.8 Å². The van der Waals surface area contributed by atoms with Crippen molar-refractivity contribution >= 4 is 46.1 Å². The molecule has 0 atom stereocenters. The summed E-state index contributed by atoms with van der Waals surface area (Å²) >= 11 is 7.58. The van der Waals surface area contributed by atoms with E-state index in [2.05, 4.69) is 15.5 Å². The average Bonchev–Trinajstić information content (AvgIpc) is 3.32. The summed E-state index contributed by atoms with van der Waals surface area (Å²) in [7, 11) is 0. The van der Waals surface area contributed by atoms with Gasteiger partial charge in [-0.2, -0.15) is 0 Å². The van der Waals surface area contributed by atoms with Crippen LogP contribution in [-0.4, -0.2) is 43.0 Å². The SMILES string of the molecule is O=C(Nc1ccccc1CN1CCOCC1)c1ccc(Cl)c(NC(=O)c2cccs2)c1. The van der Waals surface area contributed by atoms with Crippen LogP contribution in [-0.2, 0) is 11.3 Å². The smallest absolute Gasteiger partial charge is 0.265 e. The minimum absolute atomic E-state index is 0.259. The third-order valence-electron chi connectivity index (χ3n) is 4.98. The van der Waals surface area contributed by atoms with E-state index in [9.17, 15) is 9.59 Å². The Balaban J connectivity index is 1.48. The van der Waals surface area contributed by atoms with Gasteiger partial charge in [-0.3, -0.25) is 14.5 Å². The number of halogens is 1. The van der Waals surface area contributed by atoms with Crippen molar-refractivity contribution in [2.24, 2.45) is 0 Å².